The summed E-state index contributed by atoms with van der Waals surface area (Å²) in [7, 11) is 1.83. The first kappa shape index (κ1) is 7.58. The van der Waals surface area contributed by atoms with Crippen molar-refractivity contribution in [3.63, 3.8) is 0 Å². The molecule has 10 heavy (non-hydrogen) atoms. The van der Waals surface area contributed by atoms with Crippen LogP contribution >= 0.6 is 0 Å². The van der Waals surface area contributed by atoms with E-state index in [1.807, 2.05) is 13.4 Å². The molecule has 1 heterocycles. The Hall–Kier alpha value is -0.530. The number of hydrogen-bond acceptors (Lipinski definition) is 1. The van der Waals surface area contributed by atoms with Crippen molar-refractivity contribution in [2.45, 2.75) is 32.2 Å². The largest absolute Gasteiger partial charge is 0.360 e. The minimum absolute atomic E-state index is 0.706. The Bertz CT molecular complexity index is 120. The van der Waals surface area contributed by atoms with Gasteiger partial charge < -0.3 is 4.90 Å². The zero-order valence-electron chi connectivity index (χ0n) is 6.88. The van der Waals surface area contributed by atoms with Gasteiger partial charge in [-0.3, -0.25) is 4.99 Å². The van der Waals surface area contributed by atoms with Gasteiger partial charge in [-0.2, -0.15) is 0 Å². The van der Waals surface area contributed by atoms with Gasteiger partial charge in [0.2, 0.25) is 0 Å². The molecule has 0 spiro atoms. The molecule has 1 aliphatic rings. The van der Waals surface area contributed by atoms with Crippen LogP contribution in [0.3, 0.4) is 0 Å². The standard InChI is InChI=1S/C8H16N2/c1-8-5-3-4-6-10(8)7-9-2/h7-8H,3-6H2,1-2H3/b9-7+. The predicted octanol–water partition coefficient (Wildman–Crippen LogP) is 1.52. The van der Waals surface area contributed by atoms with Gasteiger partial charge in [0.15, 0.2) is 0 Å². The van der Waals surface area contributed by atoms with Gasteiger partial charge >= 0.3 is 0 Å². The van der Waals surface area contributed by atoms with Crippen LogP contribution in [0.25, 0.3) is 0 Å². The Morgan fingerprint density at radius 1 is 1.50 bits per heavy atom. The van der Waals surface area contributed by atoms with E-state index in [-0.39, 0.29) is 0 Å². The lowest BCUT2D eigenvalue weighted by molar-refractivity contribution is 0.265. The average Bonchev–Trinajstić information content (AvgIpc) is 1.94. The van der Waals surface area contributed by atoms with Gasteiger partial charge in [-0.15, -0.1) is 0 Å². The van der Waals surface area contributed by atoms with E-state index in [1.54, 1.807) is 0 Å². The maximum atomic E-state index is 4.01. The summed E-state index contributed by atoms with van der Waals surface area (Å²) in [6.07, 6.45) is 6.00. The molecule has 58 valence electrons. The highest BCUT2D eigenvalue weighted by molar-refractivity contribution is 5.55. The normalized spacial score (nSPS) is 27.8. The van der Waals surface area contributed by atoms with Crippen LogP contribution in [-0.4, -0.2) is 30.9 Å². The van der Waals surface area contributed by atoms with Crippen molar-refractivity contribution in [3.8, 4) is 0 Å². The topological polar surface area (TPSA) is 15.6 Å². The van der Waals surface area contributed by atoms with E-state index >= 15 is 0 Å². The van der Waals surface area contributed by atoms with Crippen LogP contribution in [0.2, 0.25) is 0 Å². The third-order valence-electron chi connectivity index (χ3n) is 2.12. The lowest BCUT2D eigenvalue weighted by Gasteiger charge is -2.31. The second-order valence-electron chi connectivity index (χ2n) is 2.96. The fraction of sp³-hybridized carbons (Fsp3) is 0.875. The van der Waals surface area contributed by atoms with Crippen LogP contribution < -0.4 is 0 Å². The molecule has 2 nitrogen and oxygen atoms in total. The monoisotopic (exact) mass is 140 g/mol. The number of likely N-dealkylation sites (tertiary alicyclic amines) is 1. The molecular weight excluding hydrogens is 124 g/mol. The van der Waals surface area contributed by atoms with Crippen molar-refractivity contribution in [1.29, 1.82) is 0 Å². The number of rotatable bonds is 1. The summed E-state index contributed by atoms with van der Waals surface area (Å²) in [5.41, 5.74) is 0. The Kier molecular flexibility index (Phi) is 2.72. The second-order valence-corrected chi connectivity index (χ2v) is 2.96. The van der Waals surface area contributed by atoms with E-state index in [0.29, 0.717) is 6.04 Å². The molecule has 0 radical (unpaired) electrons. The molecule has 0 saturated carbocycles. The highest BCUT2D eigenvalue weighted by Gasteiger charge is 2.13. The van der Waals surface area contributed by atoms with Gasteiger partial charge in [-0.1, -0.05) is 0 Å². The van der Waals surface area contributed by atoms with Crippen molar-refractivity contribution >= 4 is 6.34 Å². The van der Waals surface area contributed by atoms with E-state index in [4.69, 9.17) is 0 Å². The van der Waals surface area contributed by atoms with Gasteiger partial charge in [0, 0.05) is 19.6 Å². The van der Waals surface area contributed by atoms with E-state index in [9.17, 15) is 0 Å². The van der Waals surface area contributed by atoms with Crippen LogP contribution in [0.1, 0.15) is 26.2 Å². The number of aliphatic imine (C=N–C) groups is 1. The molecule has 2 heteroatoms. The summed E-state index contributed by atoms with van der Waals surface area (Å²) in [6.45, 7) is 3.46. The molecule has 1 fully saturated rings. The molecule has 0 aromatic carbocycles. The van der Waals surface area contributed by atoms with Crippen molar-refractivity contribution in [3.05, 3.63) is 0 Å². The lowest BCUT2D eigenvalue weighted by atomic mass is 10.1. The minimum Gasteiger partial charge on any atom is -0.360 e. The maximum Gasteiger partial charge on any atom is 0.0848 e. The minimum atomic E-state index is 0.706. The highest BCUT2D eigenvalue weighted by Crippen LogP contribution is 2.13. The Morgan fingerprint density at radius 2 is 2.30 bits per heavy atom. The summed E-state index contributed by atoms with van der Waals surface area (Å²) < 4.78 is 0. The molecule has 1 atom stereocenters. The van der Waals surface area contributed by atoms with E-state index in [1.165, 1.54) is 25.8 Å². The summed E-state index contributed by atoms with van der Waals surface area (Å²) >= 11 is 0. The first-order valence-corrected chi connectivity index (χ1v) is 4.02. The quantitative estimate of drug-likeness (QED) is 0.398. The molecule has 1 aliphatic heterocycles. The first-order chi connectivity index (χ1) is 4.84. The molecule has 0 aliphatic carbocycles. The summed E-state index contributed by atoms with van der Waals surface area (Å²) in [4.78, 5) is 6.33. The Balaban J connectivity index is 2.39. The van der Waals surface area contributed by atoms with Crippen LogP contribution in [-0.2, 0) is 0 Å². The second kappa shape index (κ2) is 3.59. The van der Waals surface area contributed by atoms with Crippen molar-refractivity contribution in [2.75, 3.05) is 13.6 Å². The smallest absolute Gasteiger partial charge is 0.0848 e. The third-order valence-corrected chi connectivity index (χ3v) is 2.12. The molecule has 0 amide bonds. The predicted molar refractivity (Wildman–Crippen MR) is 44.4 cm³/mol. The molecule has 0 aromatic rings. The zero-order valence-corrected chi connectivity index (χ0v) is 6.88. The van der Waals surface area contributed by atoms with Gasteiger partial charge in [-0.05, 0) is 26.2 Å². The van der Waals surface area contributed by atoms with E-state index in [2.05, 4.69) is 16.8 Å². The average molecular weight is 140 g/mol. The summed E-state index contributed by atoms with van der Waals surface area (Å²) in [5.74, 6) is 0. The SMILES string of the molecule is C/N=C/N1CCCCC1C. The van der Waals surface area contributed by atoms with Crippen molar-refractivity contribution in [1.82, 2.24) is 4.90 Å². The van der Waals surface area contributed by atoms with Gasteiger partial charge in [0.25, 0.3) is 0 Å². The van der Waals surface area contributed by atoms with Crippen LogP contribution in [0, 0.1) is 0 Å². The van der Waals surface area contributed by atoms with Gasteiger partial charge in [0.05, 0.1) is 6.34 Å². The van der Waals surface area contributed by atoms with Crippen molar-refractivity contribution < 1.29 is 0 Å². The van der Waals surface area contributed by atoms with Crippen LogP contribution in [0.5, 0.6) is 0 Å². The first-order valence-electron chi connectivity index (χ1n) is 4.02. The molecule has 0 N–H and O–H groups in total. The fourth-order valence-corrected chi connectivity index (χ4v) is 1.44. The summed E-state index contributed by atoms with van der Waals surface area (Å²) in [5, 5.41) is 0. The van der Waals surface area contributed by atoms with Gasteiger partial charge in [0.1, 0.15) is 0 Å². The Morgan fingerprint density at radius 3 is 2.90 bits per heavy atom. The number of nitrogens with zero attached hydrogens (tertiary/aromatic N) is 2. The van der Waals surface area contributed by atoms with E-state index in [0.717, 1.165) is 0 Å². The fourth-order valence-electron chi connectivity index (χ4n) is 1.44. The molecular formula is C8H16N2. The molecule has 0 bridgehead atoms. The lowest BCUT2D eigenvalue weighted by Crippen LogP contribution is -2.36. The Labute approximate surface area is 62.9 Å². The molecule has 0 aromatic heterocycles. The maximum absolute atomic E-state index is 4.01. The zero-order chi connectivity index (χ0) is 7.40. The highest BCUT2D eigenvalue weighted by atomic mass is 15.2. The molecule has 1 rings (SSSR count). The number of piperidine rings is 1. The summed E-state index contributed by atoms with van der Waals surface area (Å²) in [6, 6.07) is 0.706. The number of hydrogen-bond donors (Lipinski definition) is 0. The van der Waals surface area contributed by atoms with E-state index < -0.39 is 0 Å². The van der Waals surface area contributed by atoms with Gasteiger partial charge in [-0.25, -0.2) is 0 Å². The third kappa shape index (κ3) is 1.72. The van der Waals surface area contributed by atoms with Crippen LogP contribution in [0.15, 0.2) is 4.99 Å². The van der Waals surface area contributed by atoms with Crippen LogP contribution in [0.4, 0.5) is 0 Å². The molecule has 1 saturated heterocycles. The van der Waals surface area contributed by atoms with Crippen molar-refractivity contribution in [2.24, 2.45) is 4.99 Å². The molecule has 1 unspecified atom stereocenters.